The Hall–Kier alpha value is -2.21. The van der Waals surface area contributed by atoms with Crippen molar-refractivity contribution in [1.82, 2.24) is 20.1 Å². The van der Waals surface area contributed by atoms with Crippen molar-refractivity contribution in [2.45, 2.75) is 32.5 Å². The van der Waals surface area contributed by atoms with Gasteiger partial charge in [0.25, 0.3) is 0 Å². The molecule has 0 saturated carbocycles. The lowest BCUT2D eigenvalue weighted by molar-refractivity contribution is -0.121. The standard InChI is InChI=1S/C14H19N5O/c1-11(15)6-14(20)17-7-12-4-2-3-5-13(12)8-19-10-16-9-18-19/h2-5,9-11H,6-8,15H2,1H3,(H,17,20). The first-order valence-electron chi connectivity index (χ1n) is 6.56. The topological polar surface area (TPSA) is 85.8 Å². The largest absolute Gasteiger partial charge is 0.352 e. The average Bonchev–Trinajstić information content (AvgIpc) is 2.90. The zero-order valence-electron chi connectivity index (χ0n) is 11.5. The molecule has 0 aliphatic rings. The molecule has 0 bridgehead atoms. The summed E-state index contributed by atoms with van der Waals surface area (Å²) in [5.41, 5.74) is 7.78. The molecule has 2 aromatic rings. The molecule has 1 amide bonds. The van der Waals surface area contributed by atoms with Gasteiger partial charge in [0, 0.05) is 19.0 Å². The summed E-state index contributed by atoms with van der Waals surface area (Å²) in [7, 11) is 0. The van der Waals surface area contributed by atoms with Crippen LogP contribution in [0.2, 0.25) is 0 Å². The Morgan fingerprint density at radius 1 is 1.40 bits per heavy atom. The van der Waals surface area contributed by atoms with Crippen molar-refractivity contribution in [3.63, 3.8) is 0 Å². The number of aromatic nitrogens is 3. The fraction of sp³-hybridized carbons (Fsp3) is 0.357. The Morgan fingerprint density at radius 2 is 2.15 bits per heavy atom. The quantitative estimate of drug-likeness (QED) is 0.810. The van der Waals surface area contributed by atoms with Gasteiger partial charge in [0.2, 0.25) is 5.91 Å². The van der Waals surface area contributed by atoms with Crippen LogP contribution in [0.25, 0.3) is 0 Å². The minimum atomic E-state index is -0.125. The summed E-state index contributed by atoms with van der Waals surface area (Å²) >= 11 is 0. The van der Waals surface area contributed by atoms with Crippen LogP contribution in [0.5, 0.6) is 0 Å². The second kappa shape index (κ2) is 6.81. The highest BCUT2D eigenvalue weighted by Gasteiger charge is 2.07. The molecule has 0 fully saturated rings. The molecule has 3 N–H and O–H groups in total. The molecular formula is C14H19N5O. The number of nitrogens with one attached hydrogen (secondary N) is 1. The molecule has 0 radical (unpaired) electrons. The predicted octanol–water partition coefficient (Wildman–Crippen LogP) is 0.680. The van der Waals surface area contributed by atoms with E-state index >= 15 is 0 Å². The Labute approximate surface area is 118 Å². The highest BCUT2D eigenvalue weighted by atomic mass is 16.1. The average molecular weight is 273 g/mol. The number of carbonyl (C=O) groups excluding carboxylic acids is 1. The van der Waals surface area contributed by atoms with Gasteiger partial charge in [0.05, 0.1) is 6.54 Å². The number of amides is 1. The van der Waals surface area contributed by atoms with Gasteiger partial charge in [-0.3, -0.25) is 4.79 Å². The second-order valence-electron chi connectivity index (χ2n) is 4.82. The van der Waals surface area contributed by atoms with Crippen LogP contribution in [-0.2, 0) is 17.9 Å². The number of nitrogens with zero attached hydrogens (tertiary/aromatic N) is 3. The van der Waals surface area contributed by atoms with Gasteiger partial charge in [-0.25, -0.2) is 9.67 Å². The van der Waals surface area contributed by atoms with Crippen LogP contribution < -0.4 is 11.1 Å². The number of nitrogens with two attached hydrogens (primary N) is 1. The maximum atomic E-state index is 11.6. The molecule has 1 atom stereocenters. The predicted molar refractivity (Wildman–Crippen MR) is 75.7 cm³/mol. The highest BCUT2D eigenvalue weighted by molar-refractivity contribution is 5.76. The van der Waals surface area contributed by atoms with E-state index in [1.165, 1.54) is 6.33 Å². The summed E-state index contributed by atoms with van der Waals surface area (Å²) in [6.45, 7) is 2.95. The third-order valence-corrected chi connectivity index (χ3v) is 2.90. The monoisotopic (exact) mass is 273 g/mol. The van der Waals surface area contributed by atoms with Gasteiger partial charge in [-0.2, -0.15) is 5.10 Å². The van der Waals surface area contributed by atoms with Crippen molar-refractivity contribution < 1.29 is 4.79 Å². The summed E-state index contributed by atoms with van der Waals surface area (Å²) in [5, 5.41) is 6.97. The molecule has 1 heterocycles. The lowest BCUT2D eigenvalue weighted by Gasteiger charge is -2.11. The van der Waals surface area contributed by atoms with Gasteiger partial charge in [0.15, 0.2) is 0 Å². The number of hydrogen-bond acceptors (Lipinski definition) is 4. The molecule has 0 aliphatic carbocycles. The number of carbonyl (C=O) groups is 1. The van der Waals surface area contributed by atoms with Crippen molar-refractivity contribution in [3.8, 4) is 0 Å². The molecule has 20 heavy (non-hydrogen) atoms. The van der Waals surface area contributed by atoms with E-state index in [9.17, 15) is 4.79 Å². The fourth-order valence-corrected chi connectivity index (χ4v) is 1.93. The van der Waals surface area contributed by atoms with Gasteiger partial charge in [-0.05, 0) is 18.1 Å². The molecule has 1 unspecified atom stereocenters. The van der Waals surface area contributed by atoms with Gasteiger partial charge >= 0.3 is 0 Å². The van der Waals surface area contributed by atoms with Gasteiger partial charge < -0.3 is 11.1 Å². The summed E-state index contributed by atoms with van der Waals surface area (Å²) in [6.07, 6.45) is 3.52. The van der Waals surface area contributed by atoms with Crippen molar-refractivity contribution in [3.05, 3.63) is 48.0 Å². The second-order valence-corrected chi connectivity index (χ2v) is 4.82. The van der Waals surface area contributed by atoms with Crippen LogP contribution in [0, 0.1) is 0 Å². The van der Waals surface area contributed by atoms with Crippen molar-refractivity contribution >= 4 is 5.91 Å². The molecule has 1 aromatic heterocycles. The van der Waals surface area contributed by atoms with Crippen molar-refractivity contribution in [2.75, 3.05) is 0 Å². The van der Waals surface area contributed by atoms with Crippen LogP contribution in [0.15, 0.2) is 36.9 Å². The van der Waals surface area contributed by atoms with E-state index in [2.05, 4.69) is 15.4 Å². The maximum absolute atomic E-state index is 11.6. The summed E-state index contributed by atoms with van der Waals surface area (Å²) in [4.78, 5) is 15.6. The Balaban J connectivity index is 1.99. The molecule has 2 rings (SSSR count). The molecule has 0 aliphatic heterocycles. The molecule has 6 nitrogen and oxygen atoms in total. The highest BCUT2D eigenvalue weighted by Crippen LogP contribution is 2.10. The zero-order chi connectivity index (χ0) is 14.4. The van der Waals surface area contributed by atoms with Crippen LogP contribution in [0.4, 0.5) is 0 Å². The minimum Gasteiger partial charge on any atom is -0.352 e. The molecular weight excluding hydrogens is 254 g/mol. The lowest BCUT2D eigenvalue weighted by Crippen LogP contribution is -2.29. The fourth-order valence-electron chi connectivity index (χ4n) is 1.93. The van der Waals surface area contributed by atoms with Gasteiger partial charge in [0.1, 0.15) is 12.7 Å². The first-order chi connectivity index (χ1) is 9.65. The van der Waals surface area contributed by atoms with Gasteiger partial charge in [-0.1, -0.05) is 24.3 Å². The molecule has 6 heteroatoms. The number of hydrogen-bond donors (Lipinski definition) is 2. The van der Waals surface area contributed by atoms with Crippen LogP contribution >= 0.6 is 0 Å². The first-order valence-corrected chi connectivity index (χ1v) is 6.56. The van der Waals surface area contributed by atoms with Crippen LogP contribution in [-0.4, -0.2) is 26.7 Å². The van der Waals surface area contributed by atoms with Crippen molar-refractivity contribution in [1.29, 1.82) is 0 Å². The van der Waals surface area contributed by atoms with E-state index in [0.717, 1.165) is 11.1 Å². The van der Waals surface area contributed by atoms with E-state index in [1.807, 2.05) is 31.2 Å². The molecule has 1 aromatic carbocycles. The third-order valence-electron chi connectivity index (χ3n) is 2.90. The minimum absolute atomic E-state index is 0.0319. The lowest BCUT2D eigenvalue weighted by atomic mass is 10.1. The summed E-state index contributed by atoms with van der Waals surface area (Å²) in [6, 6.07) is 7.82. The molecule has 106 valence electrons. The third kappa shape index (κ3) is 4.17. The zero-order valence-corrected chi connectivity index (χ0v) is 11.5. The Kier molecular flexibility index (Phi) is 4.84. The normalized spacial score (nSPS) is 12.1. The number of rotatable bonds is 6. The first kappa shape index (κ1) is 14.2. The van der Waals surface area contributed by atoms with Crippen molar-refractivity contribution in [2.24, 2.45) is 5.73 Å². The Bertz CT molecular complexity index is 550. The van der Waals surface area contributed by atoms with E-state index in [4.69, 9.17) is 5.73 Å². The Morgan fingerprint density at radius 3 is 2.80 bits per heavy atom. The van der Waals surface area contributed by atoms with E-state index < -0.39 is 0 Å². The summed E-state index contributed by atoms with van der Waals surface area (Å²) in [5.74, 6) is -0.0319. The molecule has 0 spiro atoms. The smallest absolute Gasteiger partial charge is 0.221 e. The van der Waals surface area contributed by atoms with E-state index in [1.54, 1.807) is 11.0 Å². The SMILES string of the molecule is CC(N)CC(=O)NCc1ccccc1Cn1cncn1. The summed E-state index contributed by atoms with van der Waals surface area (Å²) < 4.78 is 1.75. The van der Waals surface area contributed by atoms with Gasteiger partial charge in [-0.15, -0.1) is 0 Å². The van der Waals surface area contributed by atoms with Crippen LogP contribution in [0.3, 0.4) is 0 Å². The maximum Gasteiger partial charge on any atom is 0.221 e. The van der Waals surface area contributed by atoms with Crippen LogP contribution in [0.1, 0.15) is 24.5 Å². The van der Waals surface area contributed by atoms with E-state index in [0.29, 0.717) is 19.5 Å². The molecule has 0 saturated heterocycles. The van der Waals surface area contributed by atoms with E-state index in [-0.39, 0.29) is 11.9 Å². The number of benzene rings is 1.